The van der Waals surface area contributed by atoms with Gasteiger partial charge in [-0.2, -0.15) is 0 Å². The fourth-order valence-corrected chi connectivity index (χ4v) is 8.41. The molecule has 1 aliphatic heterocycles. The number of carbonyl (C=O) groups excluding carboxylic acids is 2. The quantitative estimate of drug-likeness (QED) is 0.579. The fraction of sp³-hybridized carbons (Fsp3) is 0.548. The summed E-state index contributed by atoms with van der Waals surface area (Å²) in [6.45, 7) is 4.26. The lowest BCUT2D eigenvalue weighted by molar-refractivity contribution is -0.145. The largest absolute Gasteiger partial charge is 0.508 e. The van der Waals surface area contributed by atoms with Crippen molar-refractivity contribution in [3.8, 4) is 5.75 Å². The minimum absolute atomic E-state index is 0.0194. The Morgan fingerprint density at radius 3 is 2.19 bits per heavy atom. The molecule has 2 amide bonds. The van der Waals surface area contributed by atoms with Crippen LogP contribution in [0.15, 0.2) is 36.4 Å². The SMILES string of the molecule is Cc1cc(O)cc(C)c1C[C@H](N)C(=O)N1Cc2ccccc2C[C@H]1C(=O)NC12CC3CC(CC(C3)C1)C2. The van der Waals surface area contributed by atoms with E-state index in [0.29, 0.717) is 19.4 Å². The van der Waals surface area contributed by atoms with Crippen molar-refractivity contribution in [3.05, 3.63) is 64.2 Å². The van der Waals surface area contributed by atoms with Gasteiger partial charge in [-0.05, 0) is 116 Å². The summed E-state index contributed by atoms with van der Waals surface area (Å²) in [5, 5.41) is 13.4. The summed E-state index contributed by atoms with van der Waals surface area (Å²) in [6.07, 6.45) is 8.11. The number of aryl methyl sites for hydroxylation is 2. The number of nitrogens with zero attached hydrogens (tertiary/aromatic N) is 1. The third kappa shape index (κ3) is 4.54. The number of phenols is 1. The first-order valence-electron chi connectivity index (χ1n) is 13.9. The molecule has 7 rings (SSSR count). The van der Waals surface area contributed by atoms with Crippen LogP contribution in [0.2, 0.25) is 0 Å². The highest BCUT2D eigenvalue weighted by Crippen LogP contribution is 2.55. The van der Waals surface area contributed by atoms with Crippen LogP contribution in [0.1, 0.15) is 66.3 Å². The summed E-state index contributed by atoms with van der Waals surface area (Å²) in [5.41, 5.74) is 11.5. The van der Waals surface area contributed by atoms with Gasteiger partial charge in [-0.1, -0.05) is 24.3 Å². The van der Waals surface area contributed by atoms with Gasteiger partial charge in [0.05, 0.1) is 6.04 Å². The summed E-state index contributed by atoms with van der Waals surface area (Å²) < 4.78 is 0. The second-order valence-electron chi connectivity index (χ2n) is 12.5. The molecule has 0 radical (unpaired) electrons. The molecule has 5 aliphatic rings. The van der Waals surface area contributed by atoms with Gasteiger partial charge in [0.2, 0.25) is 11.8 Å². The van der Waals surface area contributed by atoms with Gasteiger partial charge >= 0.3 is 0 Å². The third-order valence-electron chi connectivity index (χ3n) is 9.68. The van der Waals surface area contributed by atoms with Crippen molar-refractivity contribution in [1.82, 2.24) is 10.2 Å². The maximum atomic E-state index is 14.0. The van der Waals surface area contributed by atoms with E-state index in [0.717, 1.165) is 64.8 Å². The van der Waals surface area contributed by atoms with Crippen molar-refractivity contribution in [2.45, 2.75) is 89.4 Å². The molecule has 0 saturated heterocycles. The highest BCUT2D eigenvalue weighted by Gasteiger charge is 2.52. The number of hydrogen-bond donors (Lipinski definition) is 3. The summed E-state index contributed by atoms with van der Waals surface area (Å²) in [4.78, 5) is 29.5. The summed E-state index contributed by atoms with van der Waals surface area (Å²) in [5.74, 6) is 2.22. The zero-order chi connectivity index (χ0) is 25.9. The smallest absolute Gasteiger partial charge is 0.243 e. The Kier molecular flexibility index (Phi) is 6.06. The van der Waals surface area contributed by atoms with Gasteiger partial charge in [-0.3, -0.25) is 9.59 Å². The maximum absolute atomic E-state index is 14.0. The van der Waals surface area contributed by atoms with Crippen molar-refractivity contribution < 1.29 is 14.7 Å². The standard InChI is InChI=1S/C31H39N3O3/c1-18-7-25(35)8-19(2)26(18)13-27(32)30(37)34-17-24-6-4-3-5-23(24)12-28(34)29(36)33-31-14-20-9-21(15-31)11-22(10-20)16-31/h3-8,20-22,27-28,35H,9-17,32H2,1-2H3,(H,33,36)/t20?,21?,22?,27-,28-,31?/m0/s1. The Bertz CT molecular complexity index is 1180. The number of aromatic hydroxyl groups is 1. The molecular formula is C31H39N3O3. The van der Waals surface area contributed by atoms with Gasteiger partial charge in [0.1, 0.15) is 11.8 Å². The lowest BCUT2D eigenvalue weighted by atomic mass is 9.53. The van der Waals surface area contributed by atoms with Crippen LogP contribution < -0.4 is 11.1 Å². The molecule has 0 unspecified atom stereocenters. The first-order valence-corrected chi connectivity index (χ1v) is 13.9. The minimum atomic E-state index is -0.762. The molecule has 6 heteroatoms. The normalized spacial score (nSPS) is 30.6. The van der Waals surface area contributed by atoms with Crippen LogP contribution in [0, 0.1) is 31.6 Å². The van der Waals surface area contributed by atoms with E-state index in [-0.39, 0.29) is 23.1 Å². The first kappa shape index (κ1) is 24.5. The van der Waals surface area contributed by atoms with Gasteiger partial charge < -0.3 is 21.1 Å². The van der Waals surface area contributed by atoms with Crippen molar-refractivity contribution in [3.63, 3.8) is 0 Å². The third-order valence-corrected chi connectivity index (χ3v) is 9.68. The average Bonchev–Trinajstić information content (AvgIpc) is 2.83. The number of carbonyl (C=O) groups is 2. The van der Waals surface area contributed by atoms with E-state index in [2.05, 4.69) is 11.4 Å². The predicted molar refractivity (Wildman–Crippen MR) is 143 cm³/mol. The molecule has 2 aromatic carbocycles. The number of benzene rings is 2. The van der Waals surface area contributed by atoms with E-state index in [1.807, 2.05) is 32.0 Å². The van der Waals surface area contributed by atoms with Crippen molar-refractivity contribution in [2.75, 3.05) is 0 Å². The fourth-order valence-electron chi connectivity index (χ4n) is 8.41. The number of nitrogens with one attached hydrogen (secondary N) is 1. The summed E-state index contributed by atoms with van der Waals surface area (Å²) in [7, 11) is 0. The number of rotatable bonds is 5. The Hall–Kier alpha value is -2.86. The van der Waals surface area contributed by atoms with Gasteiger partial charge in [0.15, 0.2) is 0 Å². The summed E-state index contributed by atoms with van der Waals surface area (Å²) in [6, 6.07) is 10.2. The lowest BCUT2D eigenvalue weighted by Crippen LogP contribution is -2.64. The second kappa shape index (κ2) is 9.16. The number of phenolic OH excluding ortho intramolecular Hbond substituents is 1. The molecule has 6 nitrogen and oxygen atoms in total. The zero-order valence-corrected chi connectivity index (χ0v) is 22.0. The number of nitrogens with two attached hydrogens (primary N) is 1. The van der Waals surface area contributed by atoms with E-state index in [9.17, 15) is 14.7 Å². The van der Waals surface area contributed by atoms with Gasteiger partial charge in [-0.15, -0.1) is 0 Å². The van der Waals surface area contributed by atoms with Crippen LogP contribution in [0.25, 0.3) is 0 Å². The first-order chi connectivity index (χ1) is 17.7. The molecule has 0 aromatic heterocycles. The maximum Gasteiger partial charge on any atom is 0.243 e. The highest BCUT2D eigenvalue weighted by atomic mass is 16.3. The second-order valence-corrected chi connectivity index (χ2v) is 12.5. The number of hydrogen-bond acceptors (Lipinski definition) is 4. The van der Waals surface area contributed by atoms with Crippen molar-refractivity contribution >= 4 is 11.8 Å². The van der Waals surface area contributed by atoms with Crippen LogP contribution in [0.3, 0.4) is 0 Å². The average molecular weight is 502 g/mol. The predicted octanol–water partition coefficient (Wildman–Crippen LogP) is 3.92. The molecule has 2 atom stereocenters. The van der Waals surface area contributed by atoms with Crippen molar-refractivity contribution in [2.24, 2.45) is 23.5 Å². The van der Waals surface area contributed by atoms with Crippen LogP contribution in [-0.2, 0) is 29.0 Å². The van der Waals surface area contributed by atoms with Gasteiger partial charge in [0.25, 0.3) is 0 Å². The number of amides is 2. The molecule has 4 N–H and O–H groups in total. The molecular weight excluding hydrogens is 462 g/mol. The number of fused-ring (bicyclic) bond motifs is 1. The molecule has 37 heavy (non-hydrogen) atoms. The Morgan fingerprint density at radius 1 is 1.03 bits per heavy atom. The van der Waals surface area contributed by atoms with E-state index in [4.69, 9.17) is 5.73 Å². The van der Waals surface area contributed by atoms with Crippen molar-refractivity contribution in [1.29, 1.82) is 0 Å². The van der Waals surface area contributed by atoms with Gasteiger partial charge in [-0.25, -0.2) is 0 Å². The topological polar surface area (TPSA) is 95.7 Å². The van der Waals surface area contributed by atoms with E-state index >= 15 is 0 Å². The minimum Gasteiger partial charge on any atom is -0.508 e. The van der Waals surface area contributed by atoms with Crippen LogP contribution in [0.4, 0.5) is 0 Å². The van der Waals surface area contributed by atoms with E-state index in [1.54, 1.807) is 17.0 Å². The molecule has 196 valence electrons. The zero-order valence-electron chi connectivity index (χ0n) is 22.0. The van der Waals surface area contributed by atoms with E-state index < -0.39 is 12.1 Å². The Morgan fingerprint density at radius 2 is 1.59 bits per heavy atom. The highest BCUT2D eigenvalue weighted by molar-refractivity contribution is 5.91. The molecule has 1 heterocycles. The molecule has 4 saturated carbocycles. The lowest BCUT2D eigenvalue weighted by Gasteiger charge is -2.57. The monoisotopic (exact) mass is 501 g/mol. The van der Waals surface area contributed by atoms with Crippen LogP contribution >= 0.6 is 0 Å². The Balaban J connectivity index is 1.25. The van der Waals surface area contributed by atoms with E-state index in [1.165, 1.54) is 19.3 Å². The molecule has 4 bridgehead atoms. The van der Waals surface area contributed by atoms with Gasteiger partial charge in [0, 0.05) is 18.5 Å². The molecule has 0 spiro atoms. The molecule has 2 aromatic rings. The molecule has 4 fully saturated rings. The summed E-state index contributed by atoms with van der Waals surface area (Å²) >= 11 is 0. The van der Waals surface area contributed by atoms with Crippen LogP contribution in [0.5, 0.6) is 5.75 Å². The molecule has 4 aliphatic carbocycles. The van der Waals surface area contributed by atoms with Crippen LogP contribution in [-0.4, -0.2) is 39.4 Å². The Labute approximate surface area is 219 Å².